The Labute approximate surface area is 45.0 Å². The van der Waals surface area contributed by atoms with Gasteiger partial charge in [0, 0.05) is 12.4 Å². The maximum Gasteiger partial charge on any atom is 0.272 e. The Balaban J connectivity index is 3.30. The fourth-order valence-electron chi connectivity index (χ4n) is 0.424. The van der Waals surface area contributed by atoms with Gasteiger partial charge in [-0.05, 0) is 0 Å². The van der Waals surface area contributed by atoms with Crippen LogP contribution in [0.5, 0.6) is 0 Å². The van der Waals surface area contributed by atoms with Crippen LogP contribution in [0, 0.1) is 5.41 Å². The Bertz CT molecular complexity index is 233. The molecular weight excluding hydrogens is 106 g/mol. The third kappa shape index (κ3) is 0.556. The molecule has 4 heteroatoms. The molecule has 0 saturated heterocycles. The van der Waals surface area contributed by atoms with Gasteiger partial charge in [-0.3, -0.25) is 9.89 Å². The SMILES string of the molecule is N=Cc1c[nH][nH]c1=O. The quantitative estimate of drug-likeness (QED) is 0.428. The zero-order chi connectivity index (χ0) is 5.98. The molecule has 0 aliphatic heterocycles. The zero-order valence-corrected chi connectivity index (χ0v) is 4.06. The summed E-state index contributed by atoms with van der Waals surface area (Å²) in [4.78, 5) is 10.4. The molecule has 0 amide bonds. The topological polar surface area (TPSA) is 72.5 Å². The summed E-state index contributed by atoms with van der Waals surface area (Å²) in [6.45, 7) is 0. The standard InChI is InChI=1S/C4H5N3O/c5-1-3-2-6-7-4(3)8/h1-2,5H,(H2,6,7,8). The Kier molecular flexibility index (Phi) is 0.997. The maximum absolute atomic E-state index is 10.4. The molecule has 0 bridgehead atoms. The third-order valence-corrected chi connectivity index (χ3v) is 0.831. The Morgan fingerprint density at radius 3 is 2.75 bits per heavy atom. The molecule has 0 unspecified atom stereocenters. The number of nitrogens with one attached hydrogen (secondary N) is 3. The van der Waals surface area contributed by atoms with Gasteiger partial charge >= 0.3 is 0 Å². The van der Waals surface area contributed by atoms with Gasteiger partial charge in [0.25, 0.3) is 5.56 Å². The van der Waals surface area contributed by atoms with Crippen molar-refractivity contribution in [3.8, 4) is 0 Å². The second kappa shape index (κ2) is 1.65. The summed E-state index contributed by atoms with van der Waals surface area (Å²) in [6, 6.07) is 0. The largest absolute Gasteiger partial charge is 0.308 e. The number of hydrogen-bond donors (Lipinski definition) is 3. The smallest absolute Gasteiger partial charge is 0.272 e. The number of rotatable bonds is 1. The molecule has 0 atom stereocenters. The van der Waals surface area contributed by atoms with E-state index in [-0.39, 0.29) is 5.56 Å². The van der Waals surface area contributed by atoms with Crippen LogP contribution >= 0.6 is 0 Å². The maximum atomic E-state index is 10.4. The first-order valence-electron chi connectivity index (χ1n) is 2.11. The fourth-order valence-corrected chi connectivity index (χ4v) is 0.424. The molecule has 0 aliphatic rings. The van der Waals surface area contributed by atoms with Crippen LogP contribution in [0.25, 0.3) is 0 Å². The van der Waals surface area contributed by atoms with E-state index in [1.54, 1.807) is 0 Å². The summed E-state index contributed by atoms with van der Waals surface area (Å²) < 4.78 is 0. The lowest BCUT2D eigenvalue weighted by molar-refractivity contribution is 1.06. The second-order valence-corrected chi connectivity index (χ2v) is 1.34. The van der Waals surface area contributed by atoms with Gasteiger partial charge in [-0.1, -0.05) is 0 Å². The monoisotopic (exact) mass is 111 g/mol. The molecule has 0 aromatic carbocycles. The Hall–Kier alpha value is -1.32. The van der Waals surface area contributed by atoms with Crippen molar-refractivity contribution in [2.75, 3.05) is 0 Å². The second-order valence-electron chi connectivity index (χ2n) is 1.34. The molecule has 8 heavy (non-hydrogen) atoms. The summed E-state index contributed by atoms with van der Waals surface area (Å²) in [5.74, 6) is 0. The van der Waals surface area contributed by atoms with E-state index in [1.807, 2.05) is 0 Å². The van der Waals surface area contributed by atoms with Gasteiger partial charge in [-0.25, -0.2) is 0 Å². The molecule has 4 nitrogen and oxygen atoms in total. The van der Waals surface area contributed by atoms with Crippen LogP contribution in [0.2, 0.25) is 0 Å². The van der Waals surface area contributed by atoms with Crippen molar-refractivity contribution in [2.24, 2.45) is 0 Å². The lowest BCUT2D eigenvalue weighted by Gasteiger charge is -1.67. The summed E-state index contributed by atoms with van der Waals surface area (Å²) in [5, 5.41) is 11.4. The molecule has 0 spiro atoms. The van der Waals surface area contributed by atoms with Crippen molar-refractivity contribution < 1.29 is 0 Å². The summed E-state index contributed by atoms with van der Waals surface area (Å²) in [5.41, 5.74) is 0.102. The highest BCUT2D eigenvalue weighted by Gasteiger charge is 1.90. The zero-order valence-electron chi connectivity index (χ0n) is 4.06. The van der Waals surface area contributed by atoms with Crippen LogP contribution in [0.4, 0.5) is 0 Å². The van der Waals surface area contributed by atoms with E-state index < -0.39 is 0 Å². The summed E-state index contributed by atoms with van der Waals surface area (Å²) in [6.07, 6.45) is 2.44. The van der Waals surface area contributed by atoms with E-state index in [0.717, 1.165) is 6.21 Å². The number of aromatic nitrogens is 2. The van der Waals surface area contributed by atoms with Crippen molar-refractivity contribution in [1.29, 1.82) is 5.41 Å². The Morgan fingerprint density at radius 1 is 1.75 bits per heavy atom. The lowest BCUT2D eigenvalue weighted by Crippen LogP contribution is -2.03. The predicted octanol–water partition coefficient (Wildman–Crippen LogP) is -0.299. The molecule has 0 saturated carbocycles. The lowest BCUT2D eigenvalue weighted by atomic mass is 10.4. The minimum absolute atomic E-state index is 0.250. The van der Waals surface area contributed by atoms with Crippen molar-refractivity contribution in [2.45, 2.75) is 0 Å². The average molecular weight is 111 g/mol. The van der Waals surface area contributed by atoms with E-state index in [2.05, 4.69) is 10.2 Å². The minimum atomic E-state index is -0.250. The third-order valence-electron chi connectivity index (χ3n) is 0.831. The molecule has 1 heterocycles. The normalized spacial score (nSPS) is 9.00. The van der Waals surface area contributed by atoms with Crippen molar-refractivity contribution >= 4 is 6.21 Å². The first-order valence-corrected chi connectivity index (χ1v) is 2.11. The van der Waals surface area contributed by atoms with Gasteiger partial charge in [0.15, 0.2) is 0 Å². The van der Waals surface area contributed by atoms with Gasteiger partial charge in [0.2, 0.25) is 0 Å². The van der Waals surface area contributed by atoms with Gasteiger partial charge in [0.05, 0.1) is 5.56 Å². The van der Waals surface area contributed by atoms with E-state index in [9.17, 15) is 4.79 Å². The van der Waals surface area contributed by atoms with Crippen LogP contribution in [-0.4, -0.2) is 16.4 Å². The molecular formula is C4H5N3O. The minimum Gasteiger partial charge on any atom is -0.308 e. The van der Waals surface area contributed by atoms with Crippen LogP contribution in [0.1, 0.15) is 5.56 Å². The molecule has 3 N–H and O–H groups in total. The highest BCUT2D eigenvalue weighted by molar-refractivity contribution is 5.75. The predicted molar refractivity (Wildman–Crippen MR) is 29.3 cm³/mol. The van der Waals surface area contributed by atoms with Crippen LogP contribution < -0.4 is 5.56 Å². The molecule has 1 aromatic rings. The van der Waals surface area contributed by atoms with Crippen LogP contribution in [0.3, 0.4) is 0 Å². The average Bonchev–Trinajstić information content (AvgIpc) is 2.14. The van der Waals surface area contributed by atoms with Crippen molar-refractivity contribution in [1.82, 2.24) is 10.2 Å². The highest BCUT2D eigenvalue weighted by Crippen LogP contribution is 1.74. The van der Waals surface area contributed by atoms with E-state index in [1.165, 1.54) is 6.20 Å². The number of H-pyrrole nitrogens is 2. The van der Waals surface area contributed by atoms with Gasteiger partial charge in [-0.15, -0.1) is 0 Å². The molecule has 1 rings (SSSR count). The molecule has 1 aromatic heterocycles. The highest BCUT2D eigenvalue weighted by atomic mass is 16.1. The Morgan fingerprint density at radius 2 is 2.50 bits per heavy atom. The van der Waals surface area contributed by atoms with Gasteiger partial charge in [-0.2, -0.15) is 0 Å². The summed E-state index contributed by atoms with van der Waals surface area (Å²) >= 11 is 0. The van der Waals surface area contributed by atoms with E-state index in [4.69, 9.17) is 5.41 Å². The first kappa shape index (κ1) is 4.83. The number of aromatic amines is 2. The van der Waals surface area contributed by atoms with E-state index >= 15 is 0 Å². The first-order chi connectivity index (χ1) is 3.84. The van der Waals surface area contributed by atoms with Gasteiger partial charge < -0.3 is 10.5 Å². The summed E-state index contributed by atoms with van der Waals surface area (Å²) in [7, 11) is 0. The molecule has 0 fully saturated rings. The van der Waals surface area contributed by atoms with Gasteiger partial charge in [0.1, 0.15) is 0 Å². The molecule has 42 valence electrons. The molecule has 0 aliphatic carbocycles. The van der Waals surface area contributed by atoms with Crippen LogP contribution in [0.15, 0.2) is 11.0 Å². The number of hydrogen-bond acceptors (Lipinski definition) is 2. The van der Waals surface area contributed by atoms with Crippen molar-refractivity contribution in [3.05, 3.63) is 22.1 Å². The van der Waals surface area contributed by atoms with Crippen molar-refractivity contribution in [3.63, 3.8) is 0 Å². The van der Waals surface area contributed by atoms with E-state index in [0.29, 0.717) is 5.56 Å². The molecule has 0 radical (unpaired) electrons. The van der Waals surface area contributed by atoms with Crippen LogP contribution in [-0.2, 0) is 0 Å². The fraction of sp³-hybridized carbons (Fsp3) is 0.